The number of benzene rings is 1. The van der Waals surface area contributed by atoms with Gasteiger partial charge in [0.1, 0.15) is 6.10 Å². The maximum absolute atomic E-state index is 13.7. The smallest absolute Gasteiger partial charge is 0.410 e. The molecular formula is C34H43F3N2O3Si. The Labute approximate surface area is 254 Å². The zero-order valence-electron chi connectivity index (χ0n) is 26.4. The highest BCUT2D eigenvalue weighted by Gasteiger charge is 2.57. The van der Waals surface area contributed by atoms with Gasteiger partial charge in [0.2, 0.25) is 0 Å². The van der Waals surface area contributed by atoms with Crippen molar-refractivity contribution in [3.05, 3.63) is 63.0 Å². The number of alkyl halides is 3. The molecule has 2 aromatic rings. The van der Waals surface area contributed by atoms with Crippen molar-refractivity contribution in [1.29, 1.82) is 5.26 Å². The third kappa shape index (κ3) is 5.16. The van der Waals surface area contributed by atoms with E-state index in [0.717, 1.165) is 47.0 Å². The number of aromatic nitrogens is 1. The summed E-state index contributed by atoms with van der Waals surface area (Å²) in [5.41, 5.74) is 4.08. The van der Waals surface area contributed by atoms with E-state index in [-0.39, 0.29) is 22.5 Å². The van der Waals surface area contributed by atoms with E-state index in [2.05, 4.69) is 47.7 Å². The van der Waals surface area contributed by atoms with Crippen LogP contribution < -0.4 is 0 Å². The molecule has 2 aliphatic carbocycles. The van der Waals surface area contributed by atoms with Crippen LogP contribution in [0.3, 0.4) is 0 Å². The summed E-state index contributed by atoms with van der Waals surface area (Å²) < 4.78 is 61.4. The van der Waals surface area contributed by atoms with Crippen molar-refractivity contribution in [1.82, 2.24) is 4.98 Å². The fourth-order valence-corrected chi connectivity index (χ4v) is 8.45. The van der Waals surface area contributed by atoms with E-state index < -0.39 is 37.3 Å². The summed E-state index contributed by atoms with van der Waals surface area (Å²) in [6.07, 6.45) is 0.169. The van der Waals surface area contributed by atoms with Crippen LogP contribution in [0.5, 0.6) is 0 Å². The van der Waals surface area contributed by atoms with E-state index in [9.17, 15) is 18.4 Å². The van der Waals surface area contributed by atoms with Gasteiger partial charge in [0.05, 0.1) is 28.9 Å². The minimum absolute atomic E-state index is 0.0269. The molecule has 1 saturated carbocycles. The van der Waals surface area contributed by atoms with Crippen LogP contribution in [0.1, 0.15) is 130 Å². The lowest BCUT2D eigenvalue weighted by Gasteiger charge is -2.44. The number of fused-ring (bicyclic) bond motifs is 4. The van der Waals surface area contributed by atoms with Crippen LogP contribution in [0.2, 0.25) is 18.1 Å². The minimum atomic E-state index is -4.61. The van der Waals surface area contributed by atoms with Gasteiger partial charge >= 0.3 is 6.18 Å². The summed E-state index contributed by atoms with van der Waals surface area (Å²) in [6, 6.07) is 5.64. The molecule has 232 valence electrons. The van der Waals surface area contributed by atoms with Gasteiger partial charge in [-0.1, -0.05) is 40.7 Å². The zero-order chi connectivity index (χ0) is 31.2. The van der Waals surface area contributed by atoms with Crippen molar-refractivity contribution >= 4 is 8.32 Å². The Hall–Kier alpha value is -2.25. The van der Waals surface area contributed by atoms with Crippen molar-refractivity contribution in [3.63, 3.8) is 0 Å². The van der Waals surface area contributed by atoms with Crippen molar-refractivity contribution in [2.45, 2.75) is 121 Å². The molecule has 0 N–H and O–H groups in total. The molecule has 0 amide bonds. The van der Waals surface area contributed by atoms with Gasteiger partial charge in [0.25, 0.3) is 0 Å². The fraction of sp³-hybridized carbons (Fsp3) is 0.647. The molecule has 5 nitrogen and oxygen atoms in total. The highest BCUT2D eigenvalue weighted by atomic mass is 28.4. The first-order chi connectivity index (χ1) is 20.0. The van der Waals surface area contributed by atoms with E-state index in [1.165, 1.54) is 25.0 Å². The normalized spacial score (nSPS) is 24.2. The molecule has 2 aliphatic heterocycles. The average Bonchev–Trinajstić information content (AvgIpc) is 3.58. The van der Waals surface area contributed by atoms with E-state index >= 15 is 0 Å². The van der Waals surface area contributed by atoms with Crippen molar-refractivity contribution < 1.29 is 27.1 Å². The molecule has 43 heavy (non-hydrogen) atoms. The van der Waals surface area contributed by atoms with Gasteiger partial charge in [-0.2, -0.15) is 18.4 Å². The van der Waals surface area contributed by atoms with Gasteiger partial charge in [-0.05, 0) is 78.4 Å². The first kappa shape index (κ1) is 30.8. The van der Waals surface area contributed by atoms with E-state index in [1.54, 1.807) is 6.07 Å². The van der Waals surface area contributed by atoms with Gasteiger partial charge in [0, 0.05) is 48.6 Å². The highest BCUT2D eigenvalue weighted by Crippen LogP contribution is 2.63. The number of hydrogen-bond acceptors (Lipinski definition) is 5. The van der Waals surface area contributed by atoms with E-state index in [0.29, 0.717) is 31.6 Å². The highest BCUT2D eigenvalue weighted by molar-refractivity contribution is 6.74. The van der Waals surface area contributed by atoms with Crippen LogP contribution in [0.4, 0.5) is 13.2 Å². The fourth-order valence-electron chi connectivity index (χ4n) is 7.19. The first-order valence-corrected chi connectivity index (χ1v) is 18.5. The third-order valence-corrected chi connectivity index (χ3v) is 15.2. The molecule has 0 radical (unpaired) electrons. The second-order valence-corrected chi connectivity index (χ2v) is 19.8. The standard InChI is InChI=1S/C34H43F3N2O3Si/c1-20(2)29-27-28(26-24(39-29)17-32(10-11-32)18-25(26)42-43(6,7)31(3,4)5)33(12-14-40-15-13-33)41-30(27)21-8-9-23(34(35,36)37)22(16-21)19-38/h8-9,16,20,25,30H,10-15,17-18H2,1-7H3. The molecule has 1 aromatic carbocycles. The van der Waals surface area contributed by atoms with Gasteiger partial charge in [-0.25, -0.2) is 0 Å². The lowest BCUT2D eigenvalue weighted by atomic mass is 9.73. The number of nitriles is 1. The Kier molecular flexibility index (Phi) is 7.25. The molecular weight excluding hydrogens is 569 g/mol. The van der Waals surface area contributed by atoms with Crippen molar-refractivity contribution in [3.8, 4) is 6.07 Å². The molecule has 2 spiro atoms. The maximum Gasteiger partial charge on any atom is 0.417 e. The predicted octanol–water partition coefficient (Wildman–Crippen LogP) is 9.01. The second-order valence-electron chi connectivity index (χ2n) is 15.1. The first-order valence-electron chi connectivity index (χ1n) is 15.6. The SMILES string of the molecule is CC(C)c1nc2c(c3c1C(c1ccc(C(F)(F)F)c(C#N)c1)OC31CCOCC1)C(O[Si](C)(C)C(C)(C)C)CC1(CC1)C2. The van der Waals surface area contributed by atoms with Crippen LogP contribution >= 0.6 is 0 Å². The van der Waals surface area contributed by atoms with Gasteiger partial charge < -0.3 is 13.9 Å². The number of rotatable bonds is 4. The van der Waals surface area contributed by atoms with Crippen LogP contribution in [0.15, 0.2) is 18.2 Å². The molecule has 9 heteroatoms. The number of hydrogen-bond donors (Lipinski definition) is 0. The monoisotopic (exact) mass is 612 g/mol. The van der Waals surface area contributed by atoms with Crippen molar-refractivity contribution in [2.24, 2.45) is 5.41 Å². The summed E-state index contributed by atoms with van der Waals surface area (Å²) in [7, 11) is -2.18. The molecule has 3 heterocycles. The maximum atomic E-state index is 13.7. The quantitative estimate of drug-likeness (QED) is 0.323. The molecule has 1 saturated heterocycles. The Morgan fingerprint density at radius 3 is 2.30 bits per heavy atom. The summed E-state index contributed by atoms with van der Waals surface area (Å²) >= 11 is 0. The Balaban J connectivity index is 1.60. The molecule has 2 atom stereocenters. The second kappa shape index (κ2) is 10.1. The van der Waals surface area contributed by atoms with Crippen LogP contribution in [-0.2, 0) is 32.1 Å². The van der Waals surface area contributed by atoms with Gasteiger partial charge in [0.15, 0.2) is 8.32 Å². The number of ether oxygens (including phenoxy) is 2. The number of nitrogens with zero attached hydrogens (tertiary/aromatic N) is 2. The number of pyridine rings is 1. The van der Waals surface area contributed by atoms with E-state index in [4.69, 9.17) is 18.9 Å². The van der Waals surface area contributed by atoms with Crippen LogP contribution in [0.25, 0.3) is 0 Å². The minimum Gasteiger partial charge on any atom is -0.410 e. The Morgan fingerprint density at radius 1 is 1.07 bits per heavy atom. The van der Waals surface area contributed by atoms with Crippen LogP contribution in [-0.4, -0.2) is 26.5 Å². The molecule has 6 rings (SSSR count). The average molecular weight is 613 g/mol. The molecule has 4 aliphatic rings. The molecule has 1 aromatic heterocycles. The third-order valence-electron chi connectivity index (χ3n) is 10.7. The topological polar surface area (TPSA) is 64.4 Å². The summed E-state index contributed by atoms with van der Waals surface area (Å²) in [5, 5.41) is 9.75. The lowest BCUT2D eigenvalue weighted by Crippen LogP contribution is -2.44. The van der Waals surface area contributed by atoms with Crippen LogP contribution in [0, 0.1) is 16.7 Å². The summed E-state index contributed by atoms with van der Waals surface area (Å²) in [5.74, 6) is 0.0712. The lowest BCUT2D eigenvalue weighted by molar-refractivity contribution is -0.138. The Bertz CT molecular complexity index is 1480. The largest absolute Gasteiger partial charge is 0.417 e. The van der Waals surface area contributed by atoms with E-state index in [1.807, 2.05) is 0 Å². The Morgan fingerprint density at radius 2 is 1.74 bits per heavy atom. The molecule has 0 bridgehead atoms. The zero-order valence-corrected chi connectivity index (χ0v) is 27.4. The van der Waals surface area contributed by atoms with Gasteiger partial charge in [-0.15, -0.1) is 0 Å². The predicted molar refractivity (Wildman–Crippen MR) is 160 cm³/mol. The molecule has 2 fully saturated rings. The van der Waals surface area contributed by atoms with Gasteiger partial charge in [-0.3, -0.25) is 4.98 Å². The number of halogens is 3. The summed E-state index contributed by atoms with van der Waals surface area (Å²) in [6.45, 7) is 16.7. The molecule has 2 unspecified atom stereocenters. The van der Waals surface area contributed by atoms with Crippen molar-refractivity contribution in [2.75, 3.05) is 13.2 Å². The summed E-state index contributed by atoms with van der Waals surface area (Å²) in [4.78, 5) is 5.39.